The number of phenols is 1. The molecule has 0 radical (unpaired) electrons. The van der Waals surface area contributed by atoms with E-state index in [-0.39, 0.29) is 63.7 Å². The second-order valence-electron chi connectivity index (χ2n) is 14.7. The zero-order valence-corrected chi connectivity index (χ0v) is 31.5. The van der Waals surface area contributed by atoms with E-state index in [1.807, 2.05) is 18.7 Å². The molecule has 4 aliphatic rings. The number of nitrogens with zero attached hydrogens (tertiary/aromatic N) is 5. The lowest BCUT2D eigenvalue weighted by Gasteiger charge is -2.40. The third-order valence-corrected chi connectivity index (χ3v) is 11.4. The Morgan fingerprint density at radius 3 is 2.36 bits per heavy atom. The molecule has 0 spiro atoms. The molecule has 4 aliphatic heterocycles. The van der Waals surface area contributed by atoms with Crippen molar-refractivity contribution in [1.82, 2.24) is 25.2 Å². The van der Waals surface area contributed by atoms with Crippen LogP contribution >= 0.6 is 0 Å². The fraction of sp³-hybridized carbons (Fsp3) is 0.513. The summed E-state index contributed by atoms with van der Waals surface area (Å²) in [5, 5.41) is 14.5. The second kappa shape index (κ2) is 15.1. The maximum absolute atomic E-state index is 17.1. The number of fused-ring (bicyclic) bond motifs is 4. The third-order valence-electron chi connectivity index (χ3n) is 11.4. The van der Waals surface area contributed by atoms with Gasteiger partial charge in [0.25, 0.3) is 0 Å². The molecule has 4 aromatic rings. The Kier molecular flexibility index (Phi) is 10.8. The Bertz CT molecular complexity index is 2280. The number of nitrogens with one attached hydrogen (secondary N) is 1. The standard InChI is InChI=1S/C37H31F11N6O3.C2H6/c1-2-22-24(38)6-4-18-12-20(55)13-23(26(18)22)29-28(39)30-27-25(50-29)7-5-19-15-49-9-11-54(19)31(27)52-32(51-30)56-17-33-8-3-10-53(33)16-21(14-33)57-34(35(40,41)42,36(43,44)45)37(46,47)48;1-2/h1,4,6,12-13,19,21,49,55H,3,5,7-11,14-17H2;1-2H3. The van der Waals surface area contributed by atoms with Crippen LogP contribution in [-0.4, -0.2) is 106 Å². The van der Waals surface area contributed by atoms with Gasteiger partial charge in [0, 0.05) is 43.2 Å². The highest BCUT2D eigenvalue weighted by atomic mass is 19.4. The lowest BCUT2D eigenvalue weighted by Crippen LogP contribution is -2.68. The van der Waals surface area contributed by atoms with Crippen LogP contribution in [0.2, 0.25) is 0 Å². The summed E-state index contributed by atoms with van der Waals surface area (Å²) < 4.78 is 166. The molecular formula is C39H37F11N6O3. The number of pyridine rings is 1. The first kappa shape index (κ1) is 42.4. The second-order valence-corrected chi connectivity index (χ2v) is 14.7. The van der Waals surface area contributed by atoms with E-state index in [0.29, 0.717) is 50.0 Å². The summed E-state index contributed by atoms with van der Waals surface area (Å²) in [7, 11) is 0. The number of alkyl halides is 9. The van der Waals surface area contributed by atoms with E-state index in [1.54, 1.807) is 0 Å². The van der Waals surface area contributed by atoms with Crippen molar-refractivity contribution in [3.63, 3.8) is 0 Å². The summed E-state index contributed by atoms with van der Waals surface area (Å²) in [5.74, 6) is 0.421. The Morgan fingerprint density at radius 1 is 0.966 bits per heavy atom. The van der Waals surface area contributed by atoms with Crippen LogP contribution in [0, 0.1) is 24.0 Å². The van der Waals surface area contributed by atoms with Crippen molar-refractivity contribution in [3.8, 4) is 35.4 Å². The fourth-order valence-electron chi connectivity index (χ4n) is 8.87. The predicted molar refractivity (Wildman–Crippen MR) is 193 cm³/mol. The zero-order valence-electron chi connectivity index (χ0n) is 31.5. The van der Waals surface area contributed by atoms with Gasteiger partial charge in [0.05, 0.1) is 28.3 Å². The number of aryl methyl sites for hydroxylation is 1. The largest absolute Gasteiger partial charge is 0.508 e. The van der Waals surface area contributed by atoms with Gasteiger partial charge >= 0.3 is 30.1 Å². The number of anilines is 1. The van der Waals surface area contributed by atoms with Crippen molar-refractivity contribution in [2.45, 2.75) is 87.8 Å². The lowest BCUT2D eigenvalue weighted by molar-refractivity contribution is -0.463. The summed E-state index contributed by atoms with van der Waals surface area (Å²) in [6, 6.07) is 4.38. The smallest absolute Gasteiger partial charge is 0.435 e. The van der Waals surface area contributed by atoms with Crippen molar-refractivity contribution in [2.24, 2.45) is 0 Å². The van der Waals surface area contributed by atoms with Crippen molar-refractivity contribution < 1.29 is 62.9 Å². The topological polar surface area (TPSA) is 95.9 Å². The van der Waals surface area contributed by atoms with Gasteiger partial charge in [-0.05, 0) is 62.2 Å². The number of aromatic nitrogens is 3. The van der Waals surface area contributed by atoms with Crippen LogP contribution in [0.4, 0.5) is 54.1 Å². The molecule has 2 N–H and O–H groups in total. The number of piperazine rings is 1. The van der Waals surface area contributed by atoms with Crippen molar-refractivity contribution in [3.05, 3.63) is 47.2 Å². The van der Waals surface area contributed by atoms with Crippen molar-refractivity contribution in [1.29, 1.82) is 0 Å². The molecule has 0 bridgehead atoms. The molecule has 2 aromatic carbocycles. The van der Waals surface area contributed by atoms with Crippen molar-refractivity contribution in [2.75, 3.05) is 44.2 Å². The highest BCUT2D eigenvalue weighted by Crippen LogP contribution is 2.57. The molecule has 9 nitrogen and oxygen atoms in total. The van der Waals surface area contributed by atoms with Crippen molar-refractivity contribution >= 4 is 27.5 Å². The van der Waals surface area contributed by atoms with E-state index in [1.165, 1.54) is 23.1 Å². The summed E-state index contributed by atoms with van der Waals surface area (Å²) in [6.45, 7) is 4.36. The van der Waals surface area contributed by atoms with E-state index in [2.05, 4.69) is 30.9 Å². The lowest BCUT2D eigenvalue weighted by atomic mass is 9.93. The zero-order chi connectivity index (χ0) is 42.9. The van der Waals surface area contributed by atoms with Crippen LogP contribution in [0.3, 0.4) is 0 Å². The minimum atomic E-state index is -6.89. The van der Waals surface area contributed by atoms with Gasteiger partial charge in [-0.3, -0.25) is 4.90 Å². The number of rotatable bonds is 6. The van der Waals surface area contributed by atoms with Crippen LogP contribution in [0.5, 0.6) is 11.8 Å². The Labute approximate surface area is 329 Å². The van der Waals surface area contributed by atoms with Gasteiger partial charge in [-0.25, -0.2) is 13.8 Å². The Morgan fingerprint density at radius 2 is 1.68 bits per heavy atom. The number of ether oxygens (including phenoxy) is 2. The van der Waals surface area contributed by atoms with Gasteiger partial charge in [0.2, 0.25) is 0 Å². The number of terminal acetylenes is 1. The molecule has 6 heterocycles. The van der Waals surface area contributed by atoms with Crippen LogP contribution < -0.4 is 15.0 Å². The average Bonchev–Trinajstić information content (AvgIpc) is 3.67. The van der Waals surface area contributed by atoms with Gasteiger partial charge in [-0.1, -0.05) is 25.8 Å². The summed E-state index contributed by atoms with van der Waals surface area (Å²) in [6.07, 6.45) is -16.5. The molecule has 2 aromatic heterocycles. The van der Waals surface area contributed by atoms with Gasteiger partial charge in [0.15, 0.2) is 5.82 Å². The van der Waals surface area contributed by atoms with E-state index >= 15 is 4.39 Å². The Hall–Kier alpha value is -4.74. The van der Waals surface area contributed by atoms with E-state index in [9.17, 15) is 49.0 Å². The summed E-state index contributed by atoms with van der Waals surface area (Å²) in [5.41, 5.74) is -8.31. The molecule has 20 heteroatoms. The van der Waals surface area contributed by atoms with Gasteiger partial charge < -0.3 is 24.8 Å². The van der Waals surface area contributed by atoms with Crippen LogP contribution in [0.1, 0.15) is 50.8 Å². The maximum Gasteiger partial charge on any atom is 0.435 e. The third kappa shape index (κ3) is 6.92. The minimum absolute atomic E-state index is 0.0375. The van der Waals surface area contributed by atoms with Crippen LogP contribution in [0.15, 0.2) is 24.3 Å². The van der Waals surface area contributed by atoms with E-state index in [4.69, 9.17) is 11.2 Å². The predicted octanol–water partition coefficient (Wildman–Crippen LogP) is 7.99. The number of aromatic hydroxyl groups is 1. The number of phenolic OH excluding ortho intramolecular Hbond substituents is 1. The highest BCUT2D eigenvalue weighted by Gasteiger charge is 2.86. The normalized spacial score (nSPS) is 22.4. The first-order valence-corrected chi connectivity index (χ1v) is 18.8. The average molecular weight is 847 g/mol. The molecule has 3 unspecified atom stereocenters. The first-order valence-electron chi connectivity index (χ1n) is 18.8. The molecule has 8 rings (SSSR count). The quantitative estimate of drug-likeness (QED) is 0.148. The fourth-order valence-corrected chi connectivity index (χ4v) is 8.87. The van der Waals surface area contributed by atoms with E-state index in [0.717, 1.165) is 6.07 Å². The minimum Gasteiger partial charge on any atom is -0.508 e. The first-order chi connectivity index (χ1) is 27.8. The number of benzene rings is 2. The number of hydrogen-bond acceptors (Lipinski definition) is 9. The molecular weight excluding hydrogens is 809 g/mol. The molecule has 3 fully saturated rings. The maximum atomic E-state index is 17.1. The van der Waals surface area contributed by atoms with Crippen LogP contribution in [-0.2, 0) is 11.2 Å². The Balaban J connectivity index is 0.00000260. The van der Waals surface area contributed by atoms with Crippen LogP contribution in [0.25, 0.3) is 32.9 Å². The van der Waals surface area contributed by atoms with Gasteiger partial charge in [0.1, 0.15) is 35.2 Å². The molecule has 0 amide bonds. The molecule has 0 saturated carbocycles. The summed E-state index contributed by atoms with van der Waals surface area (Å²) in [4.78, 5) is 17.0. The molecule has 0 aliphatic carbocycles. The summed E-state index contributed by atoms with van der Waals surface area (Å²) >= 11 is 0. The number of hydrogen-bond donors (Lipinski definition) is 2. The number of halogens is 11. The molecule has 59 heavy (non-hydrogen) atoms. The molecule has 318 valence electrons. The highest BCUT2D eigenvalue weighted by molar-refractivity contribution is 6.03. The van der Waals surface area contributed by atoms with Gasteiger partial charge in [-0.2, -0.15) is 49.5 Å². The van der Waals surface area contributed by atoms with E-state index < -0.39 is 73.0 Å². The monoisotopic (exact) mass is 846 g/mol. The molecule has 3 saturated heterocycles. The SMILES string of the molecule is C#Cc1c(F)ccc2cc(O)cc(-c3nc4c5c(nc(OCC67CCCN6CC(OC(C(F)(F)F)(C(F)(F)F)C(F)(F)F)C7)nc5c3F)N3CCNCC3CC4)c12.CC. The molecule has 3 atom stereocenters. The van der Waals surface area contributed by atoms with Gasteiger partial charge in [-0.15, -0.1) is 6.42 Å².